The van der Waals surface area contributed by atoms with E-state index >= 15 is 0 Å². The second-order valence-electron chi connectivity index (χ2n) is 16.5. The highest BCUT2D eigenvalue weighted by molar-refractivity contribution is 7.91. The van der Waals surface area contributed by atoms with Crippen molar-refractivity contribution in [2.75, 3.05) is 75.5 Å². The van der Waals surface area contributed by atoms with Gasteiger partial charge >= 0.3 is 0 Å². The molecule has 0 amide bonds. The summed E-state index contributed by atoms with van der Waals surface area (Å²) in [5, 5.41) is 32.2. The number of phenols is 1. The minimum atomic E-state index is -2.88. The van der Waals surface area contributed by atoms with E-state index in [1.807, 2.05) is 48.8 Å². The number of hydrogen-bond acceptors (Lipinski definition) is 14. The molecule has 0 radical (unpaired) electrons. The molecule has 0 spiro atoms. The molecular weight excluding hydrogens is 952 g/mol. The first-order chi connectivity index (χ1) is 33.3. The Balaban J connectivity index is 0.000000175. The molecule has 0 aliphatic carbocycles. The van der Waals surface area contributed by atoms with Crippen molar-refractivity contribution in [1.29, 1.82) is 10.5 Å². The molecule has 4 aromatic heterocycles. The number of ether oxygens (including phenoxy) is 3. The van der Waals surface area contributed by atoms with Crippen molar-refractivity contribution in [2.45, 2.75) is 20.3 Å². The molecule has 364 valence electrons. The van der Waals surface area contributed by atoms with Crippen LogP contribution in [-0.2, 0) is 19.7 Å². The number of pyridine rings is 2. The van der Waals surface area contributed by atoms with Crippen molar-refractivity contribution in [2.24, 2.45) is 0 Å². The Morgan fingerprint density at radius 2 is 1.13 bits per heavy atom. The largest absolute Gasteiger partial charge is 0.508 e. The number of halogens is 1. The Labute approximate surface area is 411 Å². The third-order valence-electron chi connectivity index (χ3n) is 11.7. The molecule has 2 aliphatic heterocycles. The highest BCUT2D eigenvalue weighted by Gasteiger charge is 2.22. The van der Waals surface area contributed by atoms with Crippen LogP contribution in [0.3, 0.4) is 0 Å². The van der Waals surface area contributed by atoms with Gasteiger partial charge in [-0.15, -0.1) is 0 Å². The van der Waals surface area contributed by atoms with Crippen LogP contribution in [0.2, 0.25) is 5.02 Å². The van der Waals surface area contributed by atoms with Gasteiger partial charge in [-0.05, 0) is 85.6 Å². The second-order valence-corrected chi connectivity index (χ2v) is 21.5. The van der Waals surface area contributed by atoms with E-state index in [0.29, 0.717) is 95.3 Å². The summed E-state index contributed by atoms with van der Waals surface area (Å²) in [5.41, 5.74) is 4.28. The second kappa shape index (κ2) is 23.1. The fourth-order valence-corrected chi connectivity index (χ4v) is 10.7. The van der Waals surface area contributed by atoms with Crippen LogP contribution in [0.25, 0.3) is 43.6 Å². The van der Waals surface area contributed by atoms with Crippen molar-refractivity contribution in [3.8, 4) is 40.9 Å². The molecule has 0 bridgehead atoms. The van der Waals surface area contributed by atoms with Crippen LogP contribution >= 0.6 is 11.6 Å². The maximum Gasteiger partial charge on any atom is 0.152 e. The lowest BCUT2D eigenvalue weighted by Gasteiger charge is -2.26. The van der Waals surface area contributed by atoms with Crippen LogP contribution in [0.4, 0.5) is 0 Å². The molecular formula is C51H53ClN8O8S2. The van der Waals surface area contributed by atoms with E-state index in [2.05, 4.69) is 41.9 Å². The zero-order chi connectivity index (χ0) is 48.4. The van der Waals surface area contributed by atoms with Crippen LogP contribution in [-0.4, -0.2) is 127 Å². The van der Waals surface area contributed by atoms with Gasteiger partial charge in [-0.3, -0.25) is 9.97 Å². The maximum absolute atomic E-state index is 11.6. The molecule has 10 rings (SSSR count). The highest BCUT2D eigenvalue weighted by atomic mass is 35.5. The lowest BCUT2D eigenvalue weighted by molar-refractivity contribution is 0.245. The van der Waals surface area contributed by atoms with Gasteiger partial charge in [0.15, 0.2) is 19.7 Å². The summed E-state index contributed by atoms with van der Waals surface area (Å²) in [7, 11) is -5.73. The zero-order valence-corrected chi connectivity index (χ0v) is 39.9. The van der Waals surface area contributed by atoms with Crippen molar-refractivity contribution in [3.63, 3.8) is 0 Å². The standard InChI is InChI=1S/C25H24N4O4S.C17H18ClN3O3S.C8H7NO.CH4/c26-17-19-15-21-23(16-25(19)32-11-1-8-29-9-12-34(30,31)13-10-29)28-7-5-24(21)33-20-2-3-22-18(14-20)4-6-27-22;18-15-2-3-20-16-11-17(13(12-19)10-14(15)16)24-7-1-4-21-5-8-25(22,23)9-6-21;10-7-1-2-8-6(5-7)3-4-9-8;/h2-7,14-16,27H,1,8-13H2;2-3,10-11H,1,4-9H2;1-5,9-10H;1H4. The summed E-state index contributed by atoms with van der Waals surface area (Å²) in [4.78, 5) is 19.1. The Bertz CT molecular complexity index is 3400. The van der Waals surface area contributed by atoms with Crippen molar-refractivity contribution in [3.05, 3.63) is 126 Å². The van der Waals surface area contributed by atoms with E-state index in [1.165, 1.54) is 0 Å². The van der Waals surface area contributed by atoms with Gasteiger partial charge in [-0.1, -0.05) is 19.0 Å². The molecule has 16 nitrogen and oxygen atoms in total. The van der Waals surface area contributed by atoms with Gasteiger partial charge in [0.25, 0.3) is 0 Å². The average molecular weight is 1010 g/mol. The molecule has 6 heterocycles. The lowest BCUT2D eigenvalue weighted by atomic mass is 10.1. The quantitative estimate of drug-likeness (QED) is 0.0974. The van der Waals surface area contributed by atoms with E-state index < -0.39 is 19.7 Å². The minimum absolute atomic E-state index is 0. The fourth-order valence-electron chi connectivity index (χ4n) is 7.94. The highest BCUT2D eigenvalue weighted by Crippen LogP contribution is 2.34. The summed E-state index contributed by atoms with van der Waals surface area (Å²) in [6.45, 7) is 4.67. The van der Waals surface area contributed by atoms with Gasteiger partial charge in [0.2, 0.25) is 0 Å². The van der Waals surface area contributed by atoms with E-state index in [4.69, 9.17) is 30.9 Å². The number of nitrogens with one attached hydrogen (secondary N) is 2. The Morgan fingerprint density at radius 1 is 0.629 bits per heavy atom. The lowest BCUT2D eigenvalue weighted by Crippen LogP contribution is -2.40. The topological polar surface area (TPSA) is 228 Å². The predicted molar refractivity (Wildman–Crippen MR) is 273 cm³/mol. The third kappa shape index (κ3) is 13.2. The number of aromatic amines is 2. The molecule has 70 heavy (non-hydrogen) atoms. The number of nitrogens with zero attached hydrogens (tertiary/aromatic N) is 6. The van der Waals surface area contributed by atoms with Crippen molar-refractivity contribution < 1.29 is 36.2 Å². The number of sulfone groups is 2. The van der Waals surface area contributed by atoms with Gasteiger partial charge in [-0.25, -0.2) is 16.8 Å². The van der Waals surface area contributed by atoms with Gasteiger partial charge in [0, 0.05) is 109 Å². The number of phenolic OH excluding ortho intramolecular Hbond substituents is 1. The van der Waals surface area contributed by atoms with Crippen LogP contribution in [0, 0.1) is 22.7 Å². The molecule has 3 N–H and O–H groups in total. The number of aromatic nitrogens is 4. The van der Waals surface area contributed by atoms with Gasteiger partial charge < -0.3 is 39.1 Å². The number of fused-ring (bicyclic) bond motifs is 4. The fraction of sp³-hybridized carbons (Fsp3) is 0.294. The molecule has 2 fully saturated rings. The Morgan fingerprint density at radius 3 is 1.69 bits per heavy atom. The van der Waals surface area contributed by atoms with E-state index in [1.54, 1.807) is 60.9 Å². The molecule has 4 aromatic carbocycles. The predicted octanol–water partition coefficient (Wildman–Crippen LogP) is 8.65. The zero-order valence-electron chi connectivity index (χ0n) is 37.5. The normalized spacial score (nSPS) is 15.4. The van der Waals surface area contributed by atoms with Crippen LogP contribution in [0.5, 0.6) is 28.7 Å². The number of hydrogen-bond donors (Lipinski definition) is 3. The SMILES string of the molecule is C.N#Cc1cc2c(Cl)ccnc2cc1OCCCN1CCS(=O)(=O)CC1.N#Cc1cc2c(Oc3ccc4[nH]ccc4c3)ccnc2cc1OCCCN1CCS(=O)(=O)CC1.Oc1ccc2[nH]ccc2c1. The Hall–Kier alpha value is -6.93. The first kappa shape index (κ1) is 50.9. The summed E-state index contributed by atoms with van der Waals surface area (Å²) in [6.07, 6.45) is 8.52. The molecule has 0 unspecified atom stereocenters. The summed E-state index contributed by atoms with van der Waals surface area (Å²) in [5.74, 6) is 3.48. The third-order valence-corrected chi connectivity index (χ3v) is 15.3. The van der Waals surface area contributed by atoms with Crippen LogP contribution in [0.1, 0.15) is 31.4 Å². The molecule has 0 saturated carbocycles. The van der Waals surface area contributed by atoms with Gasteiger partial charge in [0.1, 0.15) is 40.9 Å². The molecule has 2 aliphatic rings. The summed E-state index contributed by atoms with van der Waals surface area (Å²) < 4.78 is 63.8. The molecule has 0 atom stereocenters. The smallest absolute Gasteiger partial charge is 0.152 e. The Kier molecular flexibility index (Phi) is 16.8. The maximum atomic E-state index is 11.6. The first-order valence-corrected chi connectivity index (χ1v) is 26.3. The first-order valence-electron chi connectivity index (χ1n) is 22.3. The molecule has 19 heteroatoms. The minimum Gasteiger partial charge on any atom is -0.508 e. The van der Waals surface area contributed by atoms with Crippen molar-refractivity contribution >= 4 is 74.9 Å². The van der Waals surface area contributed by atoms with E-state index in [-0.39, 0.29) is 30.4 Å². The molecule has 8 aromatic rings. The number of H-pyrrole nitrogens is 2. The van der Waals surface area contributed by atoms with E-state index in [0.717, 1.165) is 58.5 Å². The monoisotopic (exact) mass is 1000 g/mol. The number of aromatic hydroxyl groups is 1. The average Bonchev–Trinajstić information content (AvgIpc) is 4.02. The summed E-state index contributed by atoms with van der Waals surface area (Å²) >= 11 is 6.13. The summed E-state index contributed by atoms with van der Waals surface area (Å²) in [6, 6.07) is 29.7. The number of nitriles is 2. The van der Waals surface area contributed by atoms with Crippen molar-refractivity contribution in [1.82, 2.24) is 29.7 Å². The van der Waals surface area contributed by atoms with E-state index in [9.17, 15) is 27.4 Å². The van der Waals surface area contributed by atoms with Gasteiger partial charge in [-0.2, -0.15) is 10.5 Å². The number of benzene rings is 4. The van der Waals surface area contributed by atoms with Crippen LogP contribution < -0.4 is 14.2 Å². The van der Waals surface area contributed by atoms with Gasteiger partial charge in [0.05, 0.1) is 63.4 Å². The molecule has 2 saturated heterocycles. The van der Waals surface area contributed by atoms with Crippen LogP contribution in [0.15, 0.2) is 110 Å². The number of rotatable bonds is 12.